The molecule has 1 aromatic heterocycles. The molecule has 1 heterocycles. The molecular weight excluding hydrogens is 388 g/mol. The van der Waals surface area contributed by atoms with Crippen LogP contribution in [-0.2, 0) is 27.2 Å². The van der Waals surface area contributed by atoms with Gasteiger partial charge in [0.2, 0.25) is 0 Å². The summed E-state index contributed by atoms with van der Waals surface area (Å²) in [5.41, 5.74) is 1.58. The largest absolute Gasteiger partial charge is 0.479 e. The lowest BCUT2D eigenvalue weighted by Crippen LogP contribution is -2.31. The topological polar surface area (TPSA) is 88.4 Å². The number of nitrogens with one attached hydrogen (secondary N) is 1. The molecule has 7 heteroatoms. The molecule has 0 aliphatic heterocycles. The van der Waals surface area contributed by atoms with Crippen LogP contribution in [0.5, 0.6) is 5.75 Å². The van der Waals surface area contributed by atoms with Crippen LogP contribution >= 0.6 is 11.3 Å². The number of anilines is 1. The minimum atomic E-state index is -0.782. The van der Waals surface area contributed by atoms with Crippen LogP contribution in [0, 0.1) is 17.2 Å². The third kappa shape index (κ3) is 5.15. The Morgan fingerprint density at radius 3 is 2.79 bits per heavy atom. The van der Waals surface area contributed by atoms with Gasteiger partial charge in [-0.1, -0.05) is 32.0 Å². The summed E-state index contributed by atoms with van der Waals surface area (Å²) in [6.07, 6.45) is 2.47. The predicted octanol–water partition coefficient (Wildman–Crippen LogP) is 4.08. The fraction of sp³-hybridized carbons (Fsp3) is 0.409. The summed E-state index contributed by atoms with van der Waals surface area (Å²) >= 11 is 1.45. The summed E-state index contributed by atoms with van der Waals surface area (Å²) in [4.78, 5) is 25.7. The smallest absolute Gasteiger partial charge is 0.347 e. The van der Waals surface area contributed by atoms with E-state index in [4.69, 9.17) is 9.47 Å². The van der Waals surface area contributed by atoms with E-state index in [1.54, 1.807) is 12.1 Å². The molecule has 0 fully saturated rings. The highest BCUT2D eigenvalue weighted by molar-refractivity contribution is 7.16. The number of hydrogen-bond donors (Lipinski definition) is 1. The van der Waals surface area contributed by atoms with Crippen LogP contribution in [0.1, 0.15) is 42.7 Å². The number of nitrogens with zero attached hydrogens (tertiary/aromatic N) is 1. The molecule has 1 aromatic carbocycles. The molecule has 2 atom stereocenters. The van der Waals surface area contributed by atoms with Gasteiger partial charge in [0.05, 0.1) is 5.56 Å². The number of hydrogen-bond acceptors (Lipinski definition) is 6. The Labute approximate surface area is 174 Å². The van der Waals surface area contributed by atoms with Crippen molar-refractivity contribution in [2.75, 3.05) is 11.9 Å². The van der Waals surface area contributed by atoms with Crippen molar-refractivity contribution in [3.05, 3.63) is 46.3 Å². The van der Waals surface area contributed by atoms with Gasteiger partial charge in [0, 0.05) is 4.88 Å². The van der Waals surface area contributed by atoms with Crippen molar-refractivity contribution in [1.29, 1.82) is 5.26 Å². The molecule has 1 amide bonds. The van der Waals surface area contributed by atoms with Crippen molar-refractivity contribution in [3.8, 4) is 11.8 Å². The van der Waals surface area contributed by atoms with Crippen LogP contribution < -0.4 is 10.1 Å². The van der Waals surface area contributed by atoms with E-state index in [0.29, 0.717) is 28.7 Å². The van der Waals surface area contributed by atoms with Crippen LogP contribution in [0.4, 0.5) is 5.00 Å². The highest BCUT2D eigenvalue weighted by Gasteiger charge is 2.25. The summed E-state index contributed by atoms with van der Waals surface area (Å²) in [5, 5.41) is 12.8. The van der Waals surface area contributed by atoms with Crippen molar-refractivity contribution < 1.29 is 19.1 Å². The molecule has 29 heavy (non-hydrogen) atoms. The maximum atomic E-state index is 12.3. The van der Waals surface area contributed by atoms with E-state index < -0.39 is 24.6 Å². The summed E-state index contributed by atoms with van der Waals surface area (Å²) in [5.74, 6) is 0.0907. The molecule has 3 rings (SSSR count). The molecule has 0 spiro atoms. The Morgan fingerprint density at radius 2 is 2.10 bits per heavy atom. The van der Waals surface area contributed by atoms with Gasteiger partial charge in [0.25, 0.3) is 5.91 Å². The van der Waals surface area contributed by atoms with E-state index >= 15 is 0 Å². The van der Waals surface area contributed by atoms with Gasteiger partial charge < -0.3 is 14.8 Å². The van der Waals surface area contributed by atoms with Crippen molar-refractivity contribution in [2.24, 2.45) is 5.92 Å². The molecule has 0 radical (unpaired) electrons. The van der Waals surface area contributed by atoms with Gasteiger partial charge in [-0.3, -0.25) is 4.79 Å². The number of thiophene rings is 1. The quantitative estimate of drug-likeness (QED) is 0.692. The Hall–Kier alpha value is -2.85. The minimum absolute atomic E-state index is 0.419. The molecule has 0 unspecified atom stereocenters. The van der Waals surface area contributed by atoms with E-state index in [0.717, 1.165) is 29.7 Å². The monoisotopic (exact) mass is 412 g/mol. The first-order valence-electron chi connectivity index (χ1n) is 9.74. The second-order valence-electron chi connectivity index (χ2n) is 7.15. The maximum Gasteiger partial charge on any atom is 0.347 e. The number of esters is 1. The SMILES string of the molecule is CC[C@H](Oc1ccccc1)C(=O)OCC(=O)Nc1sc2c(c1C#N)CC[C@H](C)C2. The summed E-state index contributed by atoms with van der Waals surface area (Å²) in [6, 6.07) is 11.2. The number of benzene rings is 1. The van der Waals surface area contributed by atoms with Crippen molar-refractivity contribution in [2.45, 2.75) is 45.6 Å². The van der Waals surface area contributed by atoms with Crippen molar-refractivity contribution >= 4 is 28.2 Å². The van der Waals surface area contributed by atoms with Gasteiger partial charge in [-0.15, -0.1) is 11.3 Å². The van der Waals surface area contributed by atoms with E-state index in [9.17, 15) is 14.9 Å². The number of ether oxygens (including phenoxy) is 2. The lowest BCUT2D eigenvalue weighted by molar-refractivity contribution is -0.154. The molecule has 6 nitrogen and oxygen atoms in total. The second kappa shape index (κ2) is 9.57. The van der Waals surface area contributed by atoms with Gasteiger partial charge in [-0.25, -0.2) is 4.79 Å². The third-order valence-electron chi connectivity index (χ3n) is 4.88. The van der Waals surface area contributed by atoms with Crippen molar-refractivity contribution in [1.82, 2.24) is 0 Å². The summed E-state index contributed by atoms with van der Waals surface area (Å²) < 4.78 is 10.8. The van der Waals surface area contributed by atoms with Crippen LogP contribution in [0.15, 0.2) is 30.3 Å². The number of para-hydroxylation sites is 1. The molecular formula is C22H24N2O4S. The number of rotatable bonds is 7. The molecule has 0 saturated heterocycles. The molecule has 0 bridgehead atoms. The molecule has 0 saturated carbocycles. The Bertz CT molecular complexity index is 917. The van der Waals surface area contributed by atoms with Crippen LogP contribution in [-0.4, -0.2) is 24.6 Å². The molecule has 1 N–H and O–H groups in total. The second-order valence-corrected chi connectivity index (χ2v) is 8.26. The fourth-order valence-corrected chi connectivity index (χ4v) is 4.69. The summed E-state index contributed by atoms with van der Waals surface area (Å²) in [7, 11) is 0. The average Bonchev–Trinajstić information content (AvgIpc) is 3.06. The predicted molar refractivity (Wildman–Crippen MR) is 111 cm³/mol. The van der Waals surface area contributed by atoms with Gasteiger partial charge in [-0.05, 0) is 49.3 Å². The average molecular weight is 413 g/mol. The summed E-state index contributed by atoms with van der Waals surface area (Å²) in [6.45, 7) is 3.58. The Kier molecular flexibility index (Phi) is 6.89. The molecule has 1 aliphatic carbocycles. The van der Waals surface area contributed by atoms with Crippen LogP contribution in [0.3, 0.4) is 0 Å². The number of fused-ring (bicyclic) bond motifs is 1. The third-order valence-corrected chi connectivity index (χ3v) is 6.05. The number of carbonyl (C=O) groups is 2. The lowest BCUT2D eigenvalue weighted by atomic mass is 9.89. The number of amides is 1. The van der Waals surface area contributed by atoms with Gasteiger partial charge in [0.1, 0.15) is 16.8 Å². The highest BCUT2D eigenvalue weighted by atomic mass is 32.1. The first-order valence-corrected chi connectivity index (χ1v) is 10.6. The van der Waals surface area contributed by atoms with Gasteiger partial charge in [-0.2, -0.15) is 5.26 Å². The number of carbonyl (C=O) groups excluding carboxylic acids is 2. The fourth-order valence-electron chi connectivity index (χ4n) is 3.31. The van der Waals surface area contributed by atoms with Gasteiger partial charge >= 0.3 is 5.97 Å². The standard InChI is InChI=1S/C22H24N2O4S/c1-3-18(28-15-7-5-4-6-8-15)22(26)27-13-20(25)24-21-17(12-23)16-10-9-14(2)11-19(16)29-21/h4-8,14,18H,3,9-11,13H2,1-2H3,(H,24,25)/t14-,18-/m0/s1. The van der Waals surface area contributed by atoms with Crippen LogP contribution in [0.25, 0.3) is 0 Å². The molecule has 2 aromatic rings. The van der Waals surface area contributed by atoms with E-state index in [1.165, 1.54) is 11.3 Å². The first kappa shape index (κ1) is 20.9. The normalized spacial score (nSPS) is 16.2. The zero-order valence-corrected chi connectivity index (χ0v) is 17.4. The van der Waals surface area contributed by atoms with Crippen molar-refractivity contribution in [3.63, 3.8) is 0 Å². The lowest BCUT2D eigenvalue weighted by Gasteiger charge is -2.17. The van der Waals surface area contributed by atoms with Gasteiger partial charge in [0.15, 0.2) is 12.7 Å². The minimum Gasteiger partial charge on any atom is -0.479 e. The molecule has 152 valence electrons. The zero-order valence-electron chi connectivity index (χ0n) is 16.6. The Balaban J connectivity index is 1.57. The highest BCUT2D eigenvalue weighted by Crippen LogP contribution is 2.39. The maximum absolute atomic E-state index is 12.3. The van der Waals surface area contributed by atoms with E-state index in [2.05, 4.69) is 18.3 Å². The van der Waals surface area contributed by atoms with E-state index in [1.807, 2.05) is 25.1 Å². The van der Waals surface area contributed by atoms with E-state index in [-0.39, 0.29) is 0 Å². The zero-order chi connectivity index (χ0) is 20.8. The first-order chi connectivity index (χ1) is 14.0. The molecule has 1 aliphatic rings. The number of nitriles is 1. The Morgan fingerprint density at radius 1 is 1.34 bits per heavy atom. The van der Waals surface area contributed by atoms with Crippen LogP contribution in [0.2, 0.25) is 0 Å².